The van der Waals surface area contributed by atoms with E-state index in [9.17, 15) is 0 Å². The van der Waals surface area contributed by atoms with Gasteiger partial charge in [-0.25, -0.2) is 15.0 Å². The predicted molar refractivity (Wildman–Crippen MR) is 96.3 cm³/mol. The minimum absolute atomic E-state index is 0.706. The van der Waals surface area contributed by atoms with Crippen LogP contribution in [0.1, 0.15) is 18.7 Å². The number of aromatic nitrogens is 4. The maximum absolute atomic E-state index is 4.92. The topological polar surface area (TPSA) is 50.1 Å². The van der Waals surface area contributed by atoms with Gasteiger partial charge in [0, 0.05) is 39.6 Å². The van der Waals surface area contributed by atoms with Crippen LogP contribution in [0.3, 0.4) is 0 Å². The summed E-state index contributed by atoms with van der Waals surface area (Å²) in [6.45, 7) is 2.81. The van der Waals surface area contributed by atoms with Crippen molar-refractivity contribution in [1.29, 1.82) is 0 Å². The summed E-state index contributed by atoms with van der Waals surface area (Å²) in [6.07, 6.45) is 6.24. The van der Waals surface area contributed by atoms with Crippen molar-refractivity contribution in [3.05, 3.63) is 42.5 Å². The fourth-order valence-corrected chi connectivity index (χ4v) is 3.21. The number of imidazole rings is 1. The highest BCUT2D eigenvalue weighted by Crippen LogP contribution is 2.30. The molecule has 0 bridgehead atoms. The highest BCUT2D eigenvalue weighted by atomic mass is 15.3. The van der Waals surface area contributed by atoms with E-state index in [-0.39, 0.29) is 0 Å². The van der Waals surface area contributed by atoms with Crippen LogP contribution in [0.2, 0.25) is 0 Å². The van der Waals surface area contributed by atoms with E-state index in [2.05, 4.69) is 21.8 Å². The normalized spacial score (nSPS) is 14.5. The fourth-order valence-electron chi connectivity index (χ4n) is 3.21. The Morgan fingerprint density at radius 1 is 1.08 bits per heavy atom. The molecule has 1 fully saturated rings. The van der Waals surface area contributed by atoms with E-state index in [1.165, 1.54) is 12.8 Å². The molecule has 0 radical (unpaired) electrons. The molecule has 2 aromatic heterocycles. The molecule has 0 saturated carbocycles. The molecule has 24 heavy (non-hydrogen) atoms. The van der Waals surface area contributed by atoms with Gasteiger partial charge < -0.3 is 14.4 Å². The van der Waals surface area contributed by atoms with E-state index in [0.29, 0.717) is 6.54 Å². The second-order valence-electron chi connectivity index (χ2n) is 6.36. The van der Waals surface area contributed by atoms with Gasteiger partial charge >= 0.3 is 0 Å². The molecular formula is C18H22N6. The van der Waals surface area contributed by atoms with Crippen molar-refractivity contribution in [1.82, 2.24) is 19.5 Å². The predicted octanol–water partition coefficient (Wildman–Crippen LogP) is 2.60. The molecule has 1 aliphatic heterocycles. The Bertz CT molecular complexity index is 850. The van der Waals surface area contributed by atoms with E-state index < -0.39 is 0 Å². The zero-order valence-corrected chi connectivity index (χ0v) is 14.2. The van der Waals surface area contributed by atoms with Crippen molar-refractivity contribution in [2.75, 3.05) is 29.9 Å². The zero-order valence-electron chi connectivity index (χ0n) is 14.2. The molecule has 1 aliphatic rings. The molecule has 0 spiro atoms. The Hall–Kier alpha value is -2.63. The van der Waals surface area contributed by atoms with Crippen LogP contribution >= 0.6 is 0 Å². The Labute approximate surface area is 141 Å². The van der Waals surface area contributed by atoms with Crippen molar-refractivity contribution < 1.29 is 0 Å². The average Bonchev–Trinajstić information content (AvgIpc) is 3.26. The number of rotatable bonds is 4. The molecule has 0 atom stereocenters. The second-order valence-corrected chi connectivity index (χ2v) is 6.36. The average molecular weight is 322 g/mol. The lowest BCUT2D eigenvalue weighted by molar-refractivity contribution is 0.753. The maximum Gasteiger partial charge on any atom is 0.172 e. The molecule has 6 nitrogen and oxygen atoms in total. The van der Waals surface area contributed by atoms with Gasteiger partial charge in [0.15, 0.2) is 11.6 Å². The molecule has 0 aliphatic carbocycles. The number of para-hydroxylation sites is 2. The lowest BCUT2D eigenvalue weighted by atomic mass is 10.3. The summed E-state index contributed by atoms with van der Waals surface area (Å²) in [6, 6.07) is 8.08. The molecule has 0 amide bonds. The Morgan fingerprint density at radius 3 is 2.46 bits per heavy atom. The smallest absolute Gasteiger partial charge is 0.172 e. The summed E-state index contributed by atoms with van der Waals surface area (Å²) in [4.78, 5) is 18.8. The molecule has 4 rings (SSSR count). The molecule has 6 heteroatoms. The molecule has 1 saturated heterocycles. The van der Waals surface area contributed by atoms with E-state index in [0.717, 1.165) is 41.6 Å². The quantitative estimate of drug-likeness (QED) is 0.739. The standard InChI is InChI=1S/C18H22N6/c1-22-12-9-19-16(22)13-23(2)17-18(24-10-5-6-11-24)21-15-8-4-3-7-14(15)20-17/h3-4,7-9,12H,5-6,10-11,13H2,1-2H3. The summed E-state index contributed by atoms with van der Waals surface area (Å²) in [5.41, 5.74) is 1.88. The lowest BCUT2D eigenvalue weighted by Gasteiger charge is -2.25. The maximum atomic E-state index is 4.92. The Balaban J connectivity index is 1.76. The molecule has 0 unspecified atom stereocenters. The molecule has 3 heterocycles. The van der Waals surface area contributed by atoms with Crippen LogP contribution in [0.15, 0.2) is 36.7 Å². The summed E-state index contributed by atoms with van der Waals surface area (Å²) in [5, 5.41) is 0. The van der Waals surface area contributed by atoms with Crippen molar-refractivity contribution >= 4 is 22.7 Å². The van der Waals surface area contributed by atoms with Crippen LogP contribution in [-0.2, 0) is 13.6 Å². The first-order valence-electron chi connectivity index (χ1n) is 8.41. The third kappa shape index (κ3) is 2.68. The van der Waals surface area contributed by atoms with E-state index in [1.807, 2.05) is 48.3 Å². The van der Waals surface area contributed by atoms with Crippen LogP contribution in [0.25, 0.3) is 11.0 Å². The number of hydrogen-bond acceptors (Lipinski definition) is 5. The van der Waals surface area contributed by atoms with Crippen molar-refractivity contribution in [3.63, 3.8) is 0 Å². The van der Waals surface area contributed by atoms with Crippen molar-refractivity contribution in [2.24, 2.45) is 7.05 Å². The van der Waals surface area contributed by atoms with Crippen LogP contribution in [0, 0.1) is 0 Å². The summed E-state index contributed by atoms with van der Waals surface area (Å²) in [5.74, 6) is 2.93. The van der Waals surface area contributed by atoms with Crippen LogP contribution < -0.4 is 9.80 Å². The van der Waals surface area contributed by atoms with Gasteiger partial charge in [-0.05, 0) is 25.0 Å². The highest BCUT2D eigenvalue weighted by Gasteiger charge is 2.22. The third-order valence-electron chi connectivity index (χ3n) is 4.60. The largest absolute Gasteiger partial charge is 0.354 e. The first-order chi connectivity index (χ1) is 11.7. The van der Waals surface area contributed by atoms with E-state index >= 15 is 0 Å². The van der Waals surface area contributed by atoms with Gasteiger partial charge in [-0.2, -0.15) is 0 Å². The van der Waals surface area contributed by atoms with Crippen LogP contribution in [0.5, 0.6) is 0 Å². The molecular weight excluding hydrogens is 300 g/mol. The number of anilines is 2. The Morgan fingerprint density at radius 2 is 1.79 bits per heavy atom. The lowest BCUT2D eigenvalue weighted by Crippen LogP contribution is -2.26. The van der Waals surface area contributed by atoms with Gasteiger partial charge in [-0.3, -0.25) is 0 Å². The number of nitrogens with zero attached hydrogens (tertiary/aromatic N) is 6. The van der Waals surface area contributed by atoms with Gasteiger partial charge in [0.25, 0.3) is 0 Å². The third-order valence-corrected chi connectivity index (χ3v) is 4.60. The fraction of sp³-hybridized carbons (Fsp3) is 0.389. The molecule has 3 aromatic rings. The van der Waals surface area contributed by atoms with Crippen molar-refractivity contribution in [2.45, 2.75) is 19.4 Å². The van der Waals surface area contributed by atoms with E-state index in [4.69, 9.17) is 9.97 Å². The molecule has 1 aromatic carbocycles. The second kappa shape index (κ2) is 6.11. The number of aryl methyl sites for hydroxylation is 1. The number of hydrogen-bond donors (Lipinski definition) is 0. The minimum atomic E-state index is 0.706. The summed E-state index contributed by atoms with van der Waals surface area (Å²) < 4.78 is 2.04. The first kappa shape index (κ1) is 14.9. The van der Waals surface area contributed by atoms with E-state index in [1.54, 1.807) is 0 Å². The van der Waals surface area contributed by atoms with Gasteiger partial charge in [-0.15, -0.1) is 0 Å². The van der Waals surface area contributed by atoms with Crippen molar-refractivity contribution in [3.8, 4) is 0 Å². The zero-order chi connectivity index (χ0) is 16.5. The number of benzene rings is 1. The Kier molecular flexibility index (Phi) is 3.80. The van der Waals surface area contributed by atoms with Gasteiger partial charge in [0.2, 0.25) is 0 Å². The summed E-state index contributed by atoms with van der Waals surface area (Å²) >= 11 is 0. The molecule has 0 N–H and O–H groups in total. The van der Waals surface area contributed by atoms with Crippen LogP contribution in [-0.4, -0.2) is 39.7 Å². The van der Waals surface area contributed by atoms with Crippen LogP contribution in [0.4, 0.5) is 11.6 Å². The highest BCUT2D eigenvalue weighted by molar-refractivity contribution is 5.80. The summed E-state index contributed by atoms with van der Waals surface area (Å²) in [7, 11) is 4.08. The minimum Gasteiger partial charge on any atom is -0.354 e. The SMILES string of the molecule is CN(Cc1nccn1C)c1nc2ccccc2nc1N1CCCC1. The first-order valence-corrected chi connectivity index (χ1v) is 8.41. The number of fused-ring (bicyclic) bond motifs is 1. The molecule has 124 valence electrons. The van der Waals surface area contributed by atoms with Gasteiger partial charge in [0.1, 0.15) is 5.82 Å². The monoisotopic (exact) mass is 322 g/mol. The van der Waals surface area contributed by atoms with Gasteiger partial charge in [0.05, 0.1) is 17.6 Å². The van der Waals surface area contributed by atoms with Gasteiger partial charge in [-0.1, -0.05) is 12.1 Å².